The fourth-order valence-corrected chi connectivity index (χ4v) is 1.25. The number of carbonyl (C=O) groups excluding carboxylic acids is 1. The minimum Gasteiger partial charge on any atom is -0.728 e. The quantitative estimate of drug-likeness (QED) is 0.316. The molecule has 1 aromatic carbocycles. The first-order valence-corrected chi connectivity index (χ1v) is 6.17. The van der Waals surface area contributed by atoms with E-state index in [0.717, 1.165) is 0 Å². The fourth-order valence-electron chi connectivity index (χ4n) is 1.05. The van der Waals surface area contributed by atoms with E-state index in [-0.39, 0.29) is 47.6 Å². The van der Waals surface area contributed by atoms with Gasteiger partial charge in [0.1, 0.15) is 0 Å². The molecule has 0 aliphatic rings. The Morgan fingerprint density at radius 1 is 1.37 bits per heavy atom. The standard InChI is InChI=1S/C10H11N3O4S.Na/c1-2-3-10(14)11-8-4-6-9(7-5-8)12-13-18(15,16)17;/h2,4-7H,1,3H2,(H,11,14)(H,15,16,17);/q;+1/p-1. The number of carbonyl (C=O) groups is 1. The van der Waals surface area contributed by atoms with Crippen LogP contribution in [-0.4, -0.2) is 18.9 Å². The van der Waals surface area contributed by atoms with Crippen molar-refractivity contribution in [1.29, 1.82) is 0 Å². The molecule has 0 aliphatic heterocycles. The van der Waals surface area contributed by atoms with Crippen molar-refractivity contribution in [2.24, 2.45) is 9.63 Å². The van der Waals surface area contributed by atoms with Gasteiger partial charge in [-0.3, -0.25) is 4.79 Å². The van der Waals surface area contributed by atoms with Crippen LogP contribution in [0.15, 0.2) is 46.6 Å². The van der Waals surface area contributed by atoms with E-state index in [9.17, 15) is 17.8 Å². The third-order valence-corrected chi connectivity index (χ3v) is 2.02. The Bertz CT molecular complexity index is 569. The number of benzene rings is 1. The van der Waals surface area contributed by atoms with Crippen LogP contribution >= 0.6 is 0 Å². The Kier molecular flexibility index (Phi) is 7.72. The van der Waals surface area contributed by atoms with Gasteiger partial charge in [-0.2, -0.15) is 0 Å². The largest absolute Gasteiger partial charge is 1.00 e. The van der Waals surface area contributed by atoms with Crippen LogP contribution < -0.4 is 34.9 Å². The third-order valence-electron chi connectivity index (χ3n) is 1.74. The van der Waals surface area contributed by atoms with Gasteiger partial charge in [0.2, 0.25) is 16.2 Å². The average Bonchev–Trinajstić information content (AvgIpc) is 2.27. The number of rotatable bonds is 5. The second-order valence-electron chi connectivity index (χ2n) is 3.20. The van der Waals surface area contributed by atoms with Crippen LogP contribution in [0.2, 0.25) is 0 Å². The van der Waals surface area contributed by atoms with Gasteiger partial charge >= 0.3 is 29.6 Å². The van der Waals surface area contributed by atoms with Gasteiger partial charge in [0.05, 0.1) is 5.69 Å². The molecule has 0 fully saturated rings. The van der Waals surface area contributed by atoms with Gasteiger partial charge < -0.3 is 9.87 Å². The molecule has 0 bridgehead atoms. The van der Waals surface area contributed by atoms with Gasteiger partial charge in [-0.1, -0.05) is 10.6 Å². The van der Waals surface area contributed by atoms with Crippen molar-refractivity contribution in [1.82, 2.24) is 0 Å². The first kappa shape index (κ1) is 17.9. The van der Waals surface area contributed by atoms with Gasteiger partial charge in [0.15, 0.2) is 0 Å². The molecule has 0 saturated heterocycles. The maximum Gasteiger partial charge on any atom is 1.00 e. The van der Waals surface area contributed by atoms with Crippen LogP contribution in [0.3, 0.4) is 0 Å². The van der Waals surface area contributed by atoms with E-state index in [0.29, 0.717) is 5.69 Å². The van der Waals surface area contributed by atoms with Gasteiger partial charge in [-0.05, 0) is 24.3 Å². The van der Waals surface area contributed by atoms with Crippen LogP contribution in [0.5, 0.6) is 0 Å². The summed E-state index contributed by atoms with van der Waals surface area (Å²) in [5.74, 6) is -0.221. The summed E-state index contributed by atoms with van der Waals surface area (Å²) < 4.78 is 33.2. The Hall–Kier alpha value is -1.06. The first-order chi connectivity index (χ1) is 8.40. The third kappa shape index (κ3) is 7.85. The van der Waals surface area contributed by atoms with Crippen molar-refractivity contribution in [2.45, 2.75) is 6.42 Å². The Morgan fingerprint density at radius 3 is 2.42 bits per heavy atom. The molecule has 1 aromatic rings. The molecule has 7 nitrogen and oxygen atoms in total. The van der Waals surface area contributed by atoms with Crippen LogP contribution in [0.25, 0.3) is 0 Å². The monoisotopic (exact) mass is 291 g/mol. The van der Waals surface area contributed by atoms with Crippen LogP contribution in [-0.2, 0) is 15.1 Å². The van der Waals surface area contributed by atoms with Crippen molar-refractivity contribution in [2.75, 3.05) is 5.32 Å². The molecule has 0 radical (unpaired) electrons. The maximum atomic E-state index is 11.2. The molecular formula is C10H10N3NaO4S. The van der Waals surface area contributed by atoms with Crippen molar-refractivity contribution in [3.05, 3.63) is 36.9 Å². The molecule has 96 valence electrons. The van der Waals surface area contributed by atoms with E-state index < -0.39 is 10.3 Å². The zero-order valence-electron chi connectivity index (χ0n) is 10.2. The number of amides is 1. The number of nitrogens with one attached hydrogen (secondary N) is 1. The van der Waals surface area contributed by atoms with Gasteiger partial charge in [0, 0.05) is 12.1 Å². The van der Waals surface area contributed by atoms with E-state index in [1.807, 2.05) is 0 Å². The smallest absolute Gasteiger partial charge is 0.728 e. The normalized spacial score (nSPS) is 10.8. The predicted molar refractivity (Wildman–Crippen MR) is 64.1 cm³/mol. The van der Waals surface area contributed by atoms with Crippen molar-refractivity contribution >= 4 is 27.6 Å². The van der Waals surface area contributed by atoms with Gasteiger partial charge in [0.25, 0.3) is 0 Å². The molecule has 0 aliphatic carbocycles. The zero-order chi connectivity index (χ0) is 13.6. The molecular weight excluding hydrogens is 281 g/mol. The molecule has 0 atom stereocenters. The molecule has 1 rings (SSSR count). The minimum atomic E-state index is -4.73. The summed E-state index contributed by atoms with van der Waals surface area (Å²) in [4.78, 5) is 11.2. The Balaban J connectivity index is 0.00000324. The molecule has 0 aromatic heterocycles. The van der Waals surface area contributed by atoms with E-state index in [1.165, 1.54) is 30.3 Å². The van der Waals surface area contributed by atoms with Crippen molar-refractivity contribution in [3.8, 4) is 0 Å². The minimum absolute atomic E-state index is 0. The summed E-state index contributed by atoms with van der Waals surface area (Å²) >= 11 is 0. The predicted octanol–water partition coefficient (Wildman–Crippen LogP) is -1.25. The SMILES string of the molecule is C=CCC(=O)Nc1ccc(N=NS(=O)(=O)[O-])cc1.[Na+]. The summed E-state index contributed by atoms with van der Waals surface area (Å²) in [6, 6.07) is 5.84. The Morgan fingerprint density at radius 2 is 1.95 bits per heavy atom. The summed E-state index contributed by atoms with van der Waals surface area (Å²) in [5, 5.41) is 5.81. The second-order valence-corrected chi connectivity index (χ2v) is 4.22. The first-order valence-electron chi connectivity index (χ1n) is 4.80. The summed E-state index contributed by atoms with van der Waals surface area (Å²) in [6.45, 7) is 3.43. The number of nitrogens with zero attached hydrogens (tertiary/aromatic N) is 2. The fraction of sp³-hybridized carbons (Fsp3) is 0.100. The summed E-state index contributed by atoms with van der Waals surface area (Å²) in [7, 11) is -4.73. The second kappa shape index (κ2) is 8.18. The molecule has 9 heteroatoms. The molecule has 1 N–H and O–H groups in total. The topological polar surface area (TPSA) is 111 Å². The summed E-state index contributed by atoms with van der Waals surface area (Å²) in [5.41, 5.74) is 0.710. The number of anilines is 1. The van der Waals surface area contributed by atoms with E-state index in [4.69, 9.17) is 0 Å². The number of hydrogen-bond acceptors (Lipinski definition) is 5. The van der Waals surface area contributed by atoms with E-state index >= 15 is 0 Å². The molecule has 0 saturated carbocycles. The maximum absolute atomic E-state index is 11.2. The number of hydrogen-bond donors (Lipinski definition) is 1. The van der Waals surface area contributed by atoms with Crippen molar-refractivity contribution in [3.63, 3.8) is 0 Å². The zero-order valence-corrected chi connectivity index (χ0v) is 13.1. The van der Waals surface area contributed by atoms with Crippen LogP contribution in [0.1, 0.15) is 6.42 Å². The molecule has 0 spiro atoms. The molecule has 1 amide bonds. The molecule has 0 heterocycles. The molecule has 19 heavy (non-hydrogen) atoms. The van der Waals surface area contributed by atoms with Gasteiger partial charge in [-0.15, -0.1) is 11.7 Å². The van der Waals surface area contributed by atoms with E-state index in [1.54, 1.807) is 0 Å². The molecule has 0 unspecified atom stereocenters. The summed E-state index contributed by atoms with van der Waals surface area (Å²) in [6.07, 6.45) is 1.66. The van der Waals surface area contributed by atoms with Gasteiger partial charge in [-0.25, -0.2) is 8.42 Å². The van der Waals surface area contributed by atoms with Crippen LogP contribution in [0, 0.1) is 0 Å². The van der Waals surface area contributed by atoms with Crippen molar-refractivity contribution < 1.29 is 47.3 Å². The average molecular weight is 291 g/mol. The van der Waals surface area contributed by atoms with E-state index in [2.05, 4.69) is 21.5 Å². The van der Waals surface area contributed by atoms with Crippen LogP contribution in [0.4, 0.5) is 11.4 Å². The Labute approximate surface area is 133 Å².